The summed E-state index contributed by atoms with van der Waals surface area (Å²) in [6.07, 6.45) is 5.04. The lowest BCUT2D eigenvalue weighted by Crippen LogP contribution is -2.30. The van der Waals surface area contributed by atoms with Crippen molar-refractivity contribution in [3.8, 4) is 0 Å². The molecule has 0 aliphatic carbocycles. The van der Waals surface area contributed by atoms with Gasteiger partial charge in [-0.1, -0.05) is 25.1 Å². The summed E-state index contributed by atoms with van der Waals surface area (Å²) < 4.78 is 0. The van der Waals surface area contributed by atoms with Gasteiger partial charge in [0.2, 0.25) is 0 Å². The van der Waals surface area contributed by atoms with Gasteiger partial charge in [-0.2, -0.15) is 0 Å². The Balaban J connectivity index is 1.90. The summed E-state index contributed by atoms with van der Waals surface area (Å²) >= 11 is 0. The van der Waals surface area contributed by atoms with Crippen LogP contribution in [0.3, 0.4) is 0 Å². The van der Waals surface area contributed by atoms with Crippen molar-refractivity contribution in [2.24, 2.45) is 11.7 Å². The number of para-hydroxylation sites is 1. The van der Waals surface area contributed by atoms with E-state index in [-0.39, 0.29) is 0 Å². The molecule has 0 radical (unpaired) electrons. The molecule has 1 aliphatic heterocycles. The van der Waals surface area contributed by atoms with Crippen molar-refractivity contribution in [1.29, 1.82) is 0 Å². The smallest absolute Gasteiger partial charge is 0.0398 e. The average Bonchev–Trinajstić information content (AvgIpc) is 2.39. The molecule has 0 amide bonds. The van der Waals surface area contributed by atoms with Gasteiger partial charge in [-0.05, 0) is 49.8 Å². The summed E-state index contributed by atoms with van der Waals surface area (Å²) in [5.41, 5.74) is 8.63. The van der Waals surface area contributed by atoms with Crippen molar-refractivity contribution in [2.75, 3.05) is 24.5 Å². The Labute approximate surface area is 105 Å². The quantitative estimate of drug-likeness (QED) is 0.846. The van der Waals surface area contributed by atoms with Gasteiger partial charge in [-0.3, -0.25) is 0 Å². The molecule has 0 aromatic heterocycles. The first-order valence-corrected chi connectivity index (χ1v) is 6.84. The lowest BCUT2D eigenvalue weighted by atomic mass is 10.0. The summed E-state index contributed by atoms with van der Waals surface area (Å²) in [4.78, 5) is 2.54. The monoisotopic (exact) mass is 232 g/mol. The van der Waals surface area contributed by atoms with E-state index in [4.69, 9.17) is 5.73 Å². The van der Waals surface area contributed by atoms with Gasteiger partial charge in [-0.15, -0.1) is 0 Å². The normalized spacial score (nSPS) is 16.7. The molecule has 1 aromatic rings. The molecular formula is C15H24N2. The fraction of sp³-hybridized carbons (Fsp3) is 0.600. The first-order valence-electron chi connectivity index (χ1n) is 6.84. The first kappa shape index (κ1) is 12.4. The van der Waals surface area contributed by atoms with Crippen LogP contribution in [0.2, 0.25) is 0 Å². The number of benzene rings is 1. The third-order valence-corrected chi connectivity index (χ3v) is 3.73. The lowest BCUT2D eigenvalue weighted by molar-refractivity contribution is 0.513. The van der Waals surface area contributed by atoms with Crippen LogP contribution in [0.5, 0.6) is 0 Å². The van der Waals surface area contributed by atoms with E-state index in [1.54, 1.807) is 0 Å². The Morgan fingerprint density at radius 3 is 3.00 bits per heavy atom. The summed E-state index contributed by atoms with van der Waals surface area (Å²) in [5, 5.41) is 0. The topological polar surface area (TPSA) is 29.3 Å². The van der Waals surface area contributed by atoms with Crippen molar-refractivity contribution >= 4 is 5.69 Å². The average molecular weight is 232 g/mol. The van der Waals surface area contributed by atoms with Crippen LogP contribution >= 0.6 is 0 Å². The van der Waals surface area contributed by atoms with Gasteiger partial charge < -0.3 is 10.6 Å². The molecule has 0 saturated heterocycles. The molecule has 2 N–H and O–H groups in total. The van der Waals surface area contributed by atoms with Crippen LogP contribution in [-0.4, -0.2) is 19.6 Å². The van der Waals surface area contributed by atoms with Gasteiger partial charge in [-0.25, -0.2) is 0 Å². The Hall–Kier alpha value is -1.02. The number of anilines is 1. The number of hydrogen-bond donors (Lipinski definition) is 1. The lowest BCUT2D eigenvalue weighted by Gasteiger charge is -2.31. The first-order chi connectivity index (χ1) is 8.31. The second kappa shape index (κ2) is 6.06. The maximum absolute atomic E-state index is 5.65. The van der Waals surface area contributed by atoms with E-state index >= 15 is 0 Å². The molecule has 2 rings (SSSR count). The zero-order chi connectivity index (χ0) is 12.1. The Morgan fingerprint density at radius 1 is 1.35 bits per heavy atom. The molecule has 1 atom stereocenters. The van der Waals surface area contributed by atoms with Gasteiger partial charge in [0.05, 0.1) is 0 Å². The molecule has 2 nitrogen and oxygen atoms in total. The molecule has 1 heterocycles. The Bertz CT molecular complexity index is 349. The highest BCUT2D eigenvalue weighted by atomic mass is 15.1. The number of rotatable bonds is 5. The van der Waals surface area contributed by atoms with E-state index < -0.39 is 0 Å². The fourth-order valence-corrected chi connectivity index (χ4v) is 2.59. The van der Waals surface area contributed by atoms with Gasteiger partial charge in [0, 0.05) is 18.8 Å². The van der Waals surface area contributed by atoms with Crippen LogP contribution in [0.25, 0.3) is 0 Å². The van der Waals surface area contributed by atoms with Crippen LogP contribution < -0.4 is 10.6 Å². The Kier molecular flexibility index (Phi) is 4.43. The minimum absolute atomic E-state index is 0.662. The predicted octanol–water partition coefficient (Wildman–Crippen LogP) is 2.81. The highest BCUT2D eigenvalue weighted by Crippen LogP contribution is 2.26. The zero-order valence-electron chi connectivity index (χ0n) is 10.9. The van der Waals surface area contributed by atoms with Crippen molar-refractivity contribution in [3.05, 3.63) is 29.8 Å². The molecule has 0 fully saturated rings. The number of nitrogens with two attached hydrogens (primary N) is 1. The third kappa shape index (κ3) is 3.22. The second-order valence-corrected chi connectivity index (χ2v) is 5.20. The number of hydrogen-bond acceptors (Lipinski definition) is 2. The van der Waals surface area contributed by atoms with E-state index in [9.17, 15) is 0 Å². The van der Waals surface area contributed by atoms with Crippen LogP contribution in [0.15, 0.2) is 24.3 Å². The molecule has 0 bridgehead atoms. The van der Waals surface area contributed by atoms with Crippen molar-refractivity contribution in [2.45, 2.75) is 32.6 Å². The van der Waals surface area contributed by atoms with E-state index in [0.717, 1.165) is 6.54 Å². The molecule has 0 saturated carbocycles. The maximum atomic E-state index is 5.65. The van der Waals surface area contributed by atoms with Gasteiger partial charge in [0.1, 0.15) is 0 Å². The summed E-state index contributed by atoms with van der Waals surface area (Å²) in [7, 11) is 0. The zero-order valence-corrected chi connectivity index (χ0v) is 10.9. The Morgan fingerprint density at radius 2 is 2.18 bits per heavy atom. The fourth-order valence-electron chi connectivity index (χ4n) is 2.59. The van der Waals surface area contributed by atoms with E-state index in [1.165, 1.54) is 50.0 Å². The number of aryl methyl sites for hydroxylation is 1. The molecule has 17 heavy (non-hydrogen) atoms. The van der Waals surface area contributed by atoms with Crippen LogP contribution in [-0.2, 0) is 6.42 Å². The van der Waals surface area contributed by atoms with E-state index in [0.29, 0.717) is 5.92 Å². The third-order valence-electron chi connectivity index (χ3n) is 3.73. The molecule has 1 unspecified atom stereocenters. The maximum Gasteiger partial charge on any atom is 0.0398 e. The molecule has 2 heteroatoms. The summed E-state index contributed by atoms with van der Waals surface area (Å²) in [5.74, 6) is 0.662. The summed E-state index contributed by atoms with van der Waals surface area (Å²) in [6.45, 7) is 5.45. The minimum atomic E-state index is 0.662. The van der Waals surface area contributed by atoms with Crippen LogP contribution in [0.4, 0.5) is 5.69 Å². The molecular weight excluding hydrogens is 208 g/mol. The van der Waals surface area contributed by atoms with Crippen LogP contribution in [0, 0.1) is 5.92 Å². The summed E-state index contributed by atoms with van der Waals surface area (Å²) in [6, 6.07) is 8.84. The minimum Gasteiger partial charge on any atom is -0.371 e. The van der Waals surface area contributed by atoms with Gasteiger partial charge >= 0.3 is 0 Å². The van der Waals surface area contributed by atoms with Crippen molar-refractivity contribution < 1.29 is 0 Å². The highest BCUT2D eigenvalue weighted by molar-refractivity contribution is 5.55. The van der Waals surface area contributed by atoms with E-state index in [2.05, 4.69) is 36.1 Å². The molecule has 1 aliphatic rings. The SMILES string of the molecule is CC(CN)CCCN1CCCc2ccccc21. The molecule has 0 spiro atoms. The van der Waals surface area contributed by atoms with Crippen molar-refractivity contribution in [3.63, 3.8) is 0 Å². The van der Waals surface area contributed by atoms with E-state index in [1.807, 2.05) is 0 Å². The predicted molar refractivity (Wildman–Crippen MR) is 74.4 cm³/mol. The number of nitrogens with zero attached hydrogens (tertiary/aromatic N) is 1. The highest BCUT2D eigenvalue weighted by Gasteiger charge is 2.15. The van der Waals surface area contributed by atoms with Gasteiger partial charge in [0.15, 0.2) is 0 Å². The molecule has 94 valence electrons. The van der Waals surface area contributed by atoms with Crippen LogP contribution in [0.1, 0.15) is 31.7 Å². The largest absolute Gasteiger partial charge is 0.371 e. The molecule has 1 aromatic carbocycles. The van der Waals surface area contributed by atoms with Crippen molar-refractivity contribution in [1.82, 2.24) is 0 Å². The van der Waals surface area contributed by atoms with Gasteiger partial charge in [0.25, 0.3) is 0 Å². The standard InChI is InChI=1S/C15H24N2/c1-13(12-16)6-4-10-17-11-5-8-14-7-2-3-9-15(14)17/h2-3,7,9,13H,4-6,8,10-12,16H2,1H3. The number of fused-ring (bicyclic) bond motifs is 1. The second-order valence-electron chi connectivity index (χ2n) is 5.20.